The summed E-state index contributed by atoms with van der Waals surface area (Å²) in [5.74, 6) is 1.60. The summed E-state index contributed by atoms with van der Waals surface area (Å²) in [4.78, 5) is 4.52. The molecule has 0 atom stereocenters. The van der Waals surface area contributed by atoms with Gasteiger partial charge in [-0.05, 0) is 35.2 Å². The Morgan fingerprint density at radius 1 is 1.47 bits per heavy atom. The standard InChI is InChI=1S/C13H19N3S/c1-10(2)6-14-13-15-11(3)7-16(13)8-12-4-5-17-9-12/h4-5,7,9-10H,6,8H2,1-3H3,(H,14,15). The number of nitrogens with zero attached hydrogens (tertiary/aromatic N) is 2. The molecule has 0 radical (unpaired) electrons. The maximum absolute atomic E-state index is 4.52. The minimum absolute atomic E-state index is 0.626. The van der Waals surface area contributed by atoms with E-state index in [9.17, 15) is 0 Å². The van der Waals surface area contributed by atoms with Crippen molar-refractivity contribution in [2.75, 3.05) is 11.9 Å². The van der Waals surface area contributed by atoms with Crippen molar-refractivity contribution in [3.63, 3.8) is 0 Å². The van der Waals surface area contributed by atoms with Gasteiger partial charge in [0.05, 0.1) is 12.2 Å². The van der Waals surface area contributed by atoms with Crippen LogP contribution in [0.15, 0.2) is 23.0 Å². The van der Waals surface area contributed by atoms with E-state index >= 15 is 0 Å². The maximum Gasteiger partial charge on any atom is 0.203 e. The Morgan fingerprint density at radius 2 is 2.29 bits per heavy atom. The molecule has 0 aromatic carbocycles. The summed E-state index contributed by atoms with van der Waals surface area (Å²) in [6, 6.07) is 2.16. The van der Waals surface area contributed by atoms with Crippen LogP contribution in [0.25, 0.3) is 0 Å². The van der Waals surface area contributed by atoms with Crippen LogP contribution in [0, 0.1) is 12.8 Å². The van der Waals surface area contributed by atoms with Crippen molar-refractivity contribution >= 4 is 17.3 Å². The fourth-order valence-electron chi connectivity index (χ4n) is 1.68. The summed E-state index contributed by atoms with van der Waals surface area (Å²) in [7, 11) is 0. The van der Waals surface area contributed by atoms with Crippen molar-refractivity contribution in [1.29, 1.82) is 0 Å². The average molecular weight is 249 g/mol. The summed E-state index contributed by atoms with van der Waals surface area (Å²) in [5, 5.41) is 7.69. The van der Waals surface area contributed by atoms with E-state index in [1.807, 2.05) is 6.92 Å². The van der Waals surface area contributed by atoms with Crippen LogP contribution < -0.4 is 5.32 Å². The number of imidazole rings is 1. The first kappa shape index (κ1) is 12.2. The fourth-order valence-corrected chi connectivity index (χ4v) is 2.34. The molecule has 3 nitrogen and oxygen atoms in total. The van der Waals surface area contributed by atoms with Crippen LogP contribution in [0.3, 0.4) is 0 Å². The SMILES string of the molecule is Cc1cn(Cc2ccsc2)c(NCC(C)C)n1. The monoisotopic (exact) mass is 249 g/mol. The highest BCUT2D eigenvalue weighted by Crippen LogP contribution is 2.14. The molecule has 92 valence electrons. The zero-order valence-corrected chi connectivity index (χ0v) is 11.4. The summed E-state index contributed by atoms with van der Waals surface area (Å²) >= 11 is 1.74. The van der Waals surface area contributed by atoms with Gasteiger partial charge in [0, 0.05) is 12.7 Å². The molecule has 2 heterocycles. The molecule has 2 rings (SSSR count). The van der Waals surface area contributed by atoms with E-state index in [0.29, 0.717) is 5.92 Å². The molecule has 0 saturated heterocycles. The largest absolute Gasteiger partial charge is 0.355 e. The van der Waals surface area contributed by atoms with Crippen LogP contribution in [0.5, 0.6) is 0 Å². The van der Waals surface area contributed by atoms with E-state index < -0.39 is 0 Å². The Bertz CT molecular complexity index is 457. The van der Waals surface area contributed by atoms with Gasteiger partial charge in [-0.1, -0.05) is 13.8 Å². The molecule has 0 amide bonds. The van der Waals surface area contributed by atoms with Gasteiger partial charge in [-0.3, -0.25) is 0 Å². The van der Waals surface area contributed by atoms with Gasteiger partial charge in [-0.15, -0.1) is 0 Å². The van der Waals surface area contributed by atoms with Gasteiger partial charge in [0.15, 0.2) is 0 Å². The van der Waals surface area contributed by atoms with Crippen molar-refractivity contribution in [2.45, 2.75) is 27.3 Å². The van der Waals surface area contributed by atoms with Crippen molar-refractivity contribution < 1.29 is 0 Å². The molecule has 17 heavy (non-hydrogen) atoms. The first-order valence-electron chi connectivity index (χ1n) is 5.94. The first-order chi connectivity index (χ1) is 8.15. The predicted molar refractivity (Wildman–Crippen MR) is 73.7 cm³/mol. The third-order valence-electron chi connectivity index (χ3n) is 2.50. The van der Waals surface area contributed by atoms with E-state index in [2.05, 4.69) is 51.7 Å². The number of nitrogens with one attached hydrogen (secondary N) is 1. The topological polar surface area (TPSA) is 29.9 Å². The van der Waals surface area contributed by atoms with Crippen molar-refractivity contribution in [1.82, 2.24) is 9.55 Å². The number of hydrogen-bond acceptors (Lipinski definition) is 3. The normalized spacial score (nSPS) is 11.1. The zero-order valence-electron chi connectivity index (χ0n) is 10.6. The summed E-state index contributed by atoms with van der Waals surface area (Å²) in [6.07, 6.45) is 2.10. The molecule has 0 aliphatic heterocycles. The number of aryl methyl sites for hydroxylation is 1. The Morgan fingerprint density at radius 3 is 2.94 bits per heavy atom. The van der Waals surface area contributed by atoms with Gasteiger partial charge >= 0.3 is 0 Å². The van der Waals surface area contributed by atoms with Crippen LogP contribution in [0.1, 0.15) is 25.1 Å². The quantitative estimate of drug-likeness (QED) is 0.880. The third kappa shape index (κ3) is 3.33. The molecular formula is C13H19N3S. The molecule has 0 aliphatic rings. The molecule has 2 aromatic rings. The lowest BCUT2D eigenvalue weighted by atomic mass is 10.2. The van der Waals surface area contributed by atoms with Gasteiger partial charge in [0.1, 0.15) is 0 Å². The number of hydrogen-bond donors (Lipinski definition) is 1. The Hall–Kier alpha value is -1.29. The Balaban J connectivity index is 2.10. The molecule has 1 N–H and O–H groups in total. The maximum atomic E-state index is 4.52. The second kappa shape index (κ2) is 5.36. The molecule has 0 saturated carbocycles. The average Bonchev–Trinajstić information content (AvgIpc) is 2.86. The van der Waals surface area contributed by atoms with E-state index in [-0.39, 0.29) is 0 Å². The first-order valence-corrected chi connectivity index (χ1v) is 6.88. The summed E-state index contributed by atoms with van der Waals surface area (Å²) in [6.45, 7) is 8.29. The molecular weight excluding hydrogens is 230 g/mol. The van der Waals surface area contributed by atoms with Crippen LogP contribution >= 0.6 is 11.3 Å². The highest BCUT2D eigenvalue weighted by Gasteiger charge is 2.06. The van der Waals surface area contributed by atoms with Crippen LogP contribution in [0.4, 0.5) is 5.95 Å². The van der Waals surface area contributed by atoms with Gasteiger partial charge in [0.25, 0.3) is 0 Å². The van der Waals surface area contributed by atoms with E-state index in [4.69, 9.17) is 0 Å². The number of thiophene rings is 1. The second-order valence-electron chi connectivity index (χ2n) is 4.74. The van der Waals surface area contributed by atoms with Gasteiger partial charge < -0.3 is 9.88 Å². The van der Waals surface area contributed by atoms with Crippen LogP contribution in [0.2, 0.25) is 0 Å². The van der Waals surface area contributed by atoms with Gasteiger partial charge in [0.2, 0.25) is 5.95 Å². The smallest absolute Gasteiger partial charge is 0.203 e. The van der Waals surface area contributed by atoms with Gasteiger partial charge in [-0.25, -0.2) is 4.98 Å². The highest BCUT2D eigenvalue weighted by atomic mass is 32.1. The molecule has 0 spiro atoms. The zero-order chi connectivity index (χ0) is 12.3. The molecule has 0 fully saturated rings. The highest BCUT2D eigenvalue weighted by molar-refractivity contribution is 7.07. The van der Waals surface area contributed by atoms with E-state index in [1.54, 1.807) is 11.3 Å². The Labute approximate surface area is 107 Å². The predicted octanol–water partition coefficient (Wildman–Crippen LogP) is 3.37. The lowest BCUT2D eigenvalue weighted by molar-refractivity contribution is 0.676. The van der Waals surface area contributed by atoms with E-state index in [1.165, 1.54) is 5.56 Å². The van der Waals surface area contributed by atoms with Gasteiger partial charge in [-0.2, -0.15) is 11.3 Å². The van der Waals surface area contributed by atoms with E-state index in [0.717, 1.165) is 24.7 Å². The molecule has 2 aromatic heterocycles. The fraction of sp³-hybridized carbons (Fsp3) is 0.462. The third-order valence-corrected chi connectivity index (χ3v) is 3.23. The Kier molecular flexibility index (Phi) is 3.84. The number of rotatable bonds is 5. The molecule has 0 aliphatic carbocycles. The lowest BCUT2D eigenvalue weighted by Crippen LogP contribution is -2.12. The van der Waals surface area contributed by atoms with Crippen molar-refractivity contribution in [3.8, 4) is 0 Å². The minimum Gasteiger partial charge on any atom is -0.355 e. The summed E-state index contributed by atoms with van der Waals surface area (Å²) < 4.78 is 2.18. The second-order valence-corrected chi connectivity index (χ2v) is 5.52. The molecule has 0 bridgehead atoms. The summed E-state index contributed by atoms with van der Waals surface area (Å²) in [5.41, 5.74) is 2.39. The number of anilines is 1. The molecule has 4 heteroatoms. The number of aromatic nitrogens is 2. The lowest BCUT2D eigenvalue weighted by Gasteiger charge is -2.10. The van der Waals surface area contributed by atoms with Crippen molar-refractivity contribution in [2.24, 2.45) is 5.92 Å². The molecule has 0 unspecified atom stereocenters. The van der Waals surface area contributed by atoms with Crippen LogP contribution in [-0.4, -0.2) is 16.1 Å². The van der Waals surface area contributed by atoms with Crippen molar-refractivity contribution in [3.05, 3.63) is 34.3 Å². The van der Waals surface area contributed by atoms with Crippen LogP contribution in [-0.2, 0) is 6.54 Å². The minimum atomic E-state index is 0.626.